The molecule has 1 aromatic rings. The van der Waals surface area contributed by atoms with Crippen molar-refractivity contribution in [2.24, 2.45) is 0 Å². The van der Waals surface area contributed by atoms with Gasteiger partial charge in [-0.25, -0.2) is 16.8 Å². The molecule has 1 saturated heterocycles. The Morgan fingerprint density at radius 2 is 1.71 bits per heavy atom. The number of aromatic amines is 1. The fourth-order valence-corrected chi connectivity index (χ4v) is 4.52. The topological polar surface area (TPSA) is 103 Å². The Morgan fingerprint density at radius 1 is 1.14 bits per heavy atom. The summed E-state index contributed by atoms with van der Waals surface area (Å²) >= 11 is 0. The lowest BCUT2D eigenvalue weighted by atomic mass is 10.4. The van der Waals surface area contributed by atoms with Gasteiger partial charge in [-0.05, 0) is 13.1 Å². The first-order chi connectivity index (χ1) is 9.75. The molecule has 0 spiro atoms. The van der Waals surface area contributed by atoms with E-state index in [1.807, 2.05) is 0 Å². The third-order valence-corrected chi connectivity index (χ3v) is 6.57. The highest BCUT2D eigenvalue weighted by Gasteiger charge is 2.31. The van der Waals surface area contributed by atoms with Crippen molar-refractivity contribution >= 4 is 20.0 Å². The van der Waals surface area contributed by atoms with Crippen LogP contribution in [-0.2, 0) is 26.6 Å². The molecule has 0 amide bonds. The van der Waals surface area contributed by atoms with Crippen molar-refractivity contribution in [2.45, 2.75) is 11.4 Å². The molecule has 10 heteroatoms. The second-order valence-electron chi connectivity index (χ2n) is 4.96. The second-order valence-corrected chi connectivity index (χ2v) is 8.88. The smallest absolute Gasteiger partial charge is 0.244 e. The van der Waals surface area contributed by atoms with Crippen molar-refractivity contribution < 1.29 is 16.8 Å². The van der Waals surface area contributed by atoms with Gasteiger partial charge in [-0.1, -0.05) is 0 Å². The Kier molecular flexibility index (Phi) is 4.73. The van der Waals surface area contributed by atoms with E-state index in [1.165, 1.54) is 14.8 Å². The third-order valence-electron chi connectivity index (χ3n) is 3.39. The molecule has 0 radical (unpaired) electrons. The van der Waals surface area contributed by atoms with Crippen LogP contribution < -0.4 is 5.32 Å². The molecule has 120 valence electrons. The average Bonchev–Trinajstić information content (AvgIpc) is 2.88. The number of hydrogen-bond acceptors (Lipinski definition) is 5. The van der Waals surface area contributed by atoms with Gasteiger partial charge in [0.05, 0.1) is 11.2 Å². The van der Waals surface area contributed by atoms with E-state index in [9.17, 15) is 16.8 Å². The predicted octanol–water partition coefficient (Wildman–Crippen LogP) is -1.000. The van der Waals surface area contributed by atoms with Gasteiger partial charge in [-0.3, -0.25) is 0 Å². The minimum Gasteiger partial charge on any atom is -0.363 e. The zero-order valence-electron chi connectivity index (χ0n) is 12.0. The minimum absolute atomic E-state index is 0.169. The molecule has 21 heavy (non-hydrogen) atoms. The van der Waals surface area contributed by atoms with Gasteiger partial charge in [0, 0.05) is 44.6 Å². The lowest BCUT2D eigenvalue weighted by molar-refractivity contribution is 0.274. The number of sulfonamides is 2. The minimum atomic E-state index is -3.58. The highest BCUT2D eigenvalue weighted by Crippen LogP contribution is 2.19. The maximum atomic E-state index is 12.5. The summed E-state index contributed by atoms with van der Waals surface area (Å²) in [4.78, 5) is 3.12. The van der Waals surface area contributed by atoms with E-state index in [-0.39, 0.29) is 31.1 Å². The largest absolute Gasteiger partial charge is 0.363 e. The Morgan fingerprint density at radius 3 is 2.24 bits per heavy atom. The quantitative estimate of drug-likeness (QED) is 0.718. The third kappa shape index (κ3) is 3.64. The summed E-state index contributed by atoms with van der Waals surface area (Å²) in [5.41, 5.74) is 0.783. The summed E-state index contributed by atoms with van der Waals surface area (Å²) in [6.45, 7) is 1.26. The first-order valence-corrected chi connectivity index (χ1v) is 9.81. The second kappa shape index (κ2) is 6.05. The summed E-state index contributed by atoms with van der Waals surface area (Å²) in [7, 11) is -5.06. The summed E-state index contributed by atoms with van der Waals surface area (Å²) in [6, 6.07) is 1.59. The SMILES string of the molecule is CNCc1cc(S(=O)(=O)N2CCN(S(C)(=O)=O)CC2)c[nH]1. The van der Waals surface area contributed by atoms with Gasteiger partial charge in [-0.2, -0.15) is 8.61 Å². The van der Waals surface area contributed by atoms with Crippen LogP contribution in [0.3, 0.4) is 0 Å². The highest BCUT2D eigenvalue weighted by atomic mass is 32.2. The van der Waals surface area contributed by atoms with E-state index in [1.54, 1.807) is 13.1 Å². The van der Waals surface area contributed by atoms with E-state index in [0.717, 1.165) is 11.9 Å². The van der Waals surface area contributed by atoms with Crippen molar-refractivity contribution in [1.82, 2.24) is 18.9 Å². The van der Waals surface area contributed by atoms with Crippen LogP contribution in [0, 0.1) is 0 Å². The van der Waals surface area contributed by atoms with Crippen LogP contribution in [0.25, 0.3) is 0 Å². The number of piperazine rings is 1. The zero-order valence-corrected chi connectivity index (χ0v) is 13.7. The fraction of sp³-hybridized carbons (Fsp3) is 0.636. The van der Waals surface area contributed by atoms with E-state index in [0.29, 0.717) is 6.54 Å². The van der Waals surface area contributed by atoms with Crippen LogP contribution in [0.15, 0.2) is 17.2 Å². The van der Waals surface area contributed by atoms with Gasteiger partial charge in [0.2, 0.25) is 20.0 Å². The lowest BCUT2D eigenvalue weighted by Crippen LogP contribution is -2.50. The molecule has 2 rings (SSSR count). The predicted molar refractivity (Wildman–Crippen MR) is 78.7 cm³/mol. The van der Waals surface area contributed by atoms with Crippen LogP contribution >= 0.6 is 0 Å². The fourth-order valence-electron chi connectivity index (χ4n) is 2.25. The van der Waals surface area contributed by atoms with Crippen molar-refractivity contribution in [3.8, 4) is 0 Å². The van der Waals surface area contributed by atoms with E-state index in [2.05, 4.69) is 10.3 Å². The summed E-state index contributed by atoms with van der Waals surface area (Å²) in [5.74, 6) is 0. The summed E-state index contributed by atoms with van der Waals surface area (Å²) < 4.78 is 50.4. The van der Waals surface area contributed by atoms with Crippen LogP contribution in [0.2, 0.25) is 0 Å². The molecule has 0 atom stereocenters. The molecule has 1 fully saturated rings. The van der Waals surface area contributed by atoms with Crippen molar-refractivity contribution in [3.63, 3.8) is 0 Å². The number of nitrogens with one attached hydrogen (secondary N) is 2. The molecule has 2 N–H and O–H groups in total. The number of nitrogens with zero attached hydrogens (tertiary/aromatic N) is 2. The zero-order chi connectivity index (χ0) is 15.7. The monoisotopic (exact) mass is 336 g/mol. The standard InChI is InChI=1S/C11H20N4O4S2/c1-12-8-10-7-11(9-13-10)21(18,19)15-5-3-14(4-6-15)20(2,16)17/h7,9,12-13H,3-6,8H2,1-2H3. The molecule has 0 aromatic carbocycles. The number of aromatic nitrogens is 1. The summed E-state index contributed by atoms with van der Waals surface area (Å²) in [6.07, 6.45) is 2.60. The van der Waals surface area contributed by atoms with E-state index in [4.69, 9.17) is 0 Å². The van der Waals surface area contributed by atoms with Crippen LogP contribution in [0.5, 0.6) is 0 Å². The molecule has 0 aliphatic carbocycles. The normalized spacial score (nSPS) is 19.0. The van der Waals surface area contributed by atoms with Crippen molar-refractivity contribution in [2.75, 3.05) is 39.5 Å². The molecule has 1 aliphatic rings. The van der Waals surface area contributed by atoms with Gasteiger partial charge < -0.3 is 10.3 Å². The Hall–Kier alpha value is -0.940. The summed E-state index contributed by atoms with van der Waals surface area (Å²) in [5, 5.41) is 2.94. The number of rotatable bonds is 5. The van der Waals surface area contributed by atoms with Crippen molar-refractivity contribution in [3.05, 3.63) is 18.0 Å². The Bertz CT molecular complexity index is 688. The average molecular weight is 336 g/mol. The number of H-pyrrole nitrogens is 1. The first kappa shape index (κ1) is 16.4. The molecule has 0 saturated carbocycles. The maximum absolute atomic E-state index is 12.5. The van der Waals surface area contributed by atoms with Gasteiger partial charge in [-0.15, -0.1) is 0 Å². The van der Waals surface area contributed by atoms with Gasteiger partial charge >= 0.3 is 0 Å². The highest BCUT2D eigenvalue weighted by molar-refractivity contribution is 7.89. The molecule has 8 nitrogen and oxygen atoms in total. The molecular formula is C11H20N4O4S2. The molecule has 1 aliphatic heterocycles. The first-order valence-electron chi connectivity index (χ1n) is 6.52. The Labute approximate surface area is 125 Å². The van der Waals surface area contributed by atoms with Gasteiger partial charge in [0.15, 0.2) is 0 Å². The van der Waals surface area contributed by atoms with Gasteiger partial charge in [0.1, 0.15) is 0 Å². The lowest BCUT2D eigenvalue weighted by Gasteiger charge is -2.32. The molecule has 2 heterocycles. The van der Waals surface area contributed by atoms with Gasteiger partial charge in [0.25, 0.3) is 0 Å². The van der Waals surface area contributed by atoms with Crippen molar-refractivity contribution in [1.29, 1.82) is 0 Å². The van der Waals surface area contributed by atoms with Crippen LogP contribution in [0.1, 0.15) is 5.69 Å². The Balaban J connectivity index is 2.11. The molecule has 0 unspecified atom stereocenters. The molecule has 1 aromatic heterocycles. The number of hydrogen-bond donors (Lipinski definition) is 2. The molecular weight excluding hydrogens is 316 g/mol. The van der Waals surface area contributed by atoms with E-state index >= 15 is 0 Å². The van der Waals surface area contributed by atoms with E-state index < -0.39 is 20.0 Å². The maximum Gasteiger partial charge on any atom is 0.244 e. The van der Waals surface area contributed by atoms with Crippen LogP contribution in [0.4, 0.5) is 0 Å². The molecule has 0 bridgehead atoms. The van der Waals surface area contributed by atoms with Crippen LogP contribution in [-0.4, -0.2) is 69.9 Å².